The molecule has 4 heteroatoms. The van der Waals surface area contributed by atoms with Crippen LogP contribution in [-0.2, 0) is 5.41 Å². The number of hydrogen-bond acceptors (Lipinski definition) is 4. The molecule has 106 valence electrons. The smallest absolute Gasteiger partial charge is 0.202 e. The van der Waals surface area contributed by atoms with E-state index in [-0.39, 0.29) is 5.41 Å². The van der Waals surface area contributed by atoms with Crippen molar-refractivity contribution in [1.82, 2.24) is 9.36 Å². The highest BCUT2D eigenvalue weighted by molar-refractivity contribution is 7.09. The standard InChI is InChI=1S/C16H21N3S/c1-12(2)17-15-18-14(19-20-15)16(10-6-7-11-16)13-8-4-3-5-9-13/h3-5,8-9,12H,6-7,10-11H2,1-2H3,(H,17,18,19). The van der Waals surface area contributed by atoms with Crippen LogP contribution in [0.5, 0.6) is 0 Å². The van der Waals surface area contributed by atoms with E-state index in [1.54, 1.807) is 0 Å². The Kier molecular flexibility index (Phi) is 3.74. The molecule has 1 N–H and O–H groups in total. The summed E-state index contributed by atoms with van der Waals surface area (Å²) in [6, 6.07) is 11.2. The lowest BCUT2D eigenvalue weighted by Gasteiger charge is -2.26. The molecule has 1 fully saturated rings. The van der Waals surface area contributed by atoms with Crippen molar-refractivity contribution in [3.05, 3.63) is 41.7 Å². The third-order valence-electron chi connectivity index (χ3n) is 4.05. The van der Waals surface area contributed by atoms with Gasteiger partial charge in [-0.2, -0.15) is 4.37 Å². The predicted octanol–water partition coefficient (Wildman–Crippen LogP) is 4.22. The van der Waals surface area contributed by atoms with Crippen LogP contribution in [0.1, 0.15) is 50.9 Å². The van der Waals surface area contributed by atoms with Crippen LogP contribution in [-0.4, -0.2) is 15.4 Å². The van der Waals surface area contributed by atoms with Crippen molar-refractivity contribution >= 4 is 16.7 Å². The molecule has 3 rings (SSSR count). The molecule has 0 saturated heterocycles. The molecule has 0 radical (unpaired) electrons. The summed E-state index contributed by atoms with van der Waals surface area (Å²) in [5, 5.41) is 4.30. The number of anilines is 1. The lowest BCUT2D eigenvalue weighted by atomic mass is 9.78. The van der Waals surface area contributed by atoms with Gasteiger partial charge in [0, 0.05) is 17.6 Å². The third-order valence-corrected chi connectivity index (χ3v) is 4.70. The first-order valence-corrected chi connectivity index (χ1v) is 8.14. The monoisotopic (exact) mass is 287 g/mol. The molecule has 1 aromatic heterocycles. The number of benzene rings is 1. The van der Waals surface area contributed by atoms with Gasteiger partial charge in [0.1, 0.15) is 0 Å². The van der Waals surface area contributed by atoms with Gasteiger partial charge in [-0.1, -0.05) is 43.2 Å². The van der Waals surface area contributed by atoms with Crippen LogP contribution in [0.2, 0.25) is 0 Å². The van der Waals surface area contributed by atoms with E-state index in [2.05, 4.69) is 53.9 Å². The maximum atomic E-state index is 4.78. The van der Waals surface area contributed by atoms with E-state index >= 15 is 0 Å². The summed E-state index contributed by atoms with van der Waals surface area (Å²) in [5.41, 5.74) is 1.40. The second kappa shape index (κ2) is 5.52. The average molecular weight is 287 g/mol. The summed E-state index contributed by atoms with van der Waals surface area (Å²) >= 11 is 1.49. The van der Waals surface area contributed by atoms with Gasteiger partial charge in [-0.05, 0) is 32.3 Å². The molecule has 1 aliphatic carbocycles. The van der Waals surface area contributed by atoms with Crippen LogP contribution in [0.4, 0.5) is 5.13 Å². The minimum absolute atomic E-state index is 0.0364. The summed E-state index contributed by atoms with van der Waals surface area (Å²) in [4.78, 5) is 4.78. The van der Waals surface area contributed by atoms with E-state index < -0.39 is 0 Å². The summed E-state index contributed by atoms with van der Waals surface area (Å²) in [5.74, 6) is 1.01. The van der Waals surface area contributed by atoms with E-state index in [0.717, 1.165) is 23.8 Å². The van der Waals surface area contributed by atoms with Crippen LogP contribution >= 0.6 is 11.5 Å². The second-order valence-corrected chi connectivity index (χ2v) is 6.63. The summed E-state index contributed by atoms with van der Waals surface area (Å²) < 4.78 is 4.67. The van der Waals surface area contributed by atoms with Crippen LogP contribution in [0.25, 0.3) is 0 Å². The Morgan fingerprint density at radius 3 is 2.50 bits per heavy atom. The van der Waals surface area contributed by atoms with E-state index in [0.29, 0.717) is 6.04 Å². The lowest BCUT2D eigenvalue weighted by Crippen LogP contribution is -2.25. The fourth-order valence-electron chi connectivity index (χ4n) is 3.10. The van der Waals surface area contributed by atoms with Gasteiger partial charge in [-0.25, -0.2) is 4.98 Å². The van der Waals surface area contributed by atoms with Gasteiger partial charge in [0.05, 0.1) is 5.41 Å². The zero-order valence-corrected chi connectivity index (χ0v) is 12.9. The quantitative estimate of drug-likeness (QED) is 0.915. The minimum atomic E-state index is 0.0364. The first-order chi connectivity index (χ1) is 9.71. The molecule has 0 amide bonds. The SMILES string of the molecule is CC(C)Nc1nc(C2(c3ccccc3)CCCC2)ns1. The summed E-state index contributed by atoms with van der Waals surface area (Å²) in [6.45, 7) is 4.26. The number of aromatic nitrogens is 2. The highest BCUT2D eigenvalue weighted by Gasteiger charge is 2.40. The number of rotatable bonds is 4. The van der Waals surface area contributed by atoms with Crippen LogP contribution in [0.3, 0.4) is 0 Å². The molecule has 1 aromatic carbocycles. The maximum Gasteiger partial charge on any atom is 0.202 e. The highest BCUT2D eigenvalue weighted by atomic mass is 32.1. The molecule has 1 aliphatic rings. The summed E-state index contributed by atoms with van der Waals surface area (Å²) in [7, 11) is 0. The Morgan fingerprint density at radius 1 is 1.15 bits per heavy atom. The number of nitrogens with one attached hydrogen (secondary N) is 1. The molecular formula is C16H21N3S. The van der Waals surface area contributed by atoms with Gasteiger partial charge in [-0.15, -0.1) is 0 Å². The van der Waals surface area contributed by atoms with Crippen LogP contribution < -0.4 is 5.32 Å². The van der Waals surface area contributed by atoms with Crippen LogP contribution in [0, 0.1) is 0 Å². The van der Waals surface area contributed by atoms with Gasteiger partial charge in [0.2, 0.25) is 5.13 Å². The molecule has 1 heterocycles. The summed E-state index contributed by atoms with van der Waals surface area (Å²) in [6.07, 6.45) is 4.85. The van der Waals surface area contributed by atoms with E-state index in [1.165, 1.54) is 29.9 Å². The fraction of sp³-hybridized carbons (Fsp3) is 0.500. The molecule has 1 saturated carbocycles. The number of nitrogens with zero attached hydrogens (tertiary/aromatic N) is 2. The molecule has 3 nitrogen and oxygen atoms in total. The highest BCUT2D eigenvalue weighted by Crippen LogP contribution is 2.45. The van der Waals surface area contributed by atoms with Gasteiger partial charge >= 0.3 is 0 Å². The van der Waals surface area contributed by atoms with Crippen molar-refractivity contribution in [2.45, 2.75) is 51.0 Å². The Bertz CT molecular complexity index is 556. The Labute approximate surface area is 124 Å². The predicted molar refractivity (Wildman–Crippen MR) is 84.4 cm³/mol. The largest absolute Gasteiger partial charge is 0.358 e. The molecule has 0 aliphatic heterocycles. The molecule has 0 unspecified atom stereocenters. The Hall–Kier alpha value is -1.42. The fourth-order valence-corrected chi connectivity index (χ4v) is 3.90. The molecule has 20 heavy (non-hydrogen) atoms. The lowest BCUT2D eigenvalue weighted by molar-refractivity contribution is 0.507. The van der Waals surface area contributed by atoms with E-state index in [9.17, 15) is 0 Å². The van der Waals surface area contributed by atoms with Crippen LogP contribution in [0.15, 0.2) is 30.3 Å². The van der Waals surface area contributed by atoms with E-state index in [4.69, 9.17) is 4.98 Å². The van der Waals surface area contributed by atoms with E-state index in [1.807, 2.05) is 0 Å². The van der Waals surface area contributed by atoms with Crippen molar-refractivity contribution in [2.24, 2.45) is 0 Å². The van der Waals surface area contributed by atoms with Gasteiger partial charge in [-0.3, -0.25) is 0 Å². The topological polar surface area (TPSA) is 37.8 Å². The number of hydrogen-bond donors (Lipinski definition) is 1. The van der Waals surface area contributed by atoms with Gasteiger partial charge in [0.15, 0.2) is 5.82 Å². The van der Waals surface area contributed by atoms with Crippen molar-refractivity contribution in [3.63, 3.8) is 0 Å². The third kappa shape index (κ3) is 2.44. The zero-order chi connectivity index (χ0) is 14.0. The normalized spacial score (nSPS) is 17.6. The molecule has 0 bridgehead atoms. The zero-order valence-electron chi connectivity index (χ0n) is 12.1. The van der Waals surface area contributed by atoms with Crippen molar-refractivity contribution in [1.29, 1.82) is 0 Å². The van der Waals surface area contributed by atoms with Crippen molar-refractivity contribution < 1.29 is 0 Å². The van der Waals surface area contributed by atoms with Gasteiger partial charge < -0.3 is 5.32 Å². The first kappa shape index (κ1) is 13.6. The average Bonchev–Trinajstić information content (AvgIpc) is 3.08. The van der Waals surface area contributed by atoms with Gasteiger partial charge in [0.25, 0.3) is 0 Å². The van der Waals surface area contributed by atoms with Crippen molar-refractivity contribution in [3.8, 4) is 0 Å². The first-order valence-electron chi connectivity index (χ1n) is 7.37. The minimum Gasteiger partial charge on any atom is -0.358 e. The Balaban J connectivity index is 1.97. The Morgan fingerprint density at radius 2 is 1.85 bits per heavy atom. The van der Waals surface area contributed by atoms with Crippen molar-refractivity contribution in [2.75, 3.05) is 5.32 Å². The molecular weight excluding hydrogens is 266 g/mol. The second-order valence-electron chi connectivity index (χ2n) is 5.88. The molecule has 0 atom stereocenters. The molecule has 2 aromatic rings. The maximum absolute atomic E-state index is 4.78. The molecule has 0 spiro atoms.